The number of benzene rings is 1. The largest absolute Gasteiger partial charge is 0.293 e. The van der Waals surface area contributed by atoms with Gasteiger partial charge in [-0.1, -0.05) is 58.9 Å². The van der Waals surface area contributed by atoms with E-state index in [9.17, 15) is 0 Å². The fraction of sp³-hybridized carbons (Fsp3) is 0.727. The number of nitrogens with zero attached hydrogens (tertiary/aromatic N) is 1. The van der Waals surface area contributed by atoms with Crippen LogP contribution in [0.5, 0.6) is 0 Å². The number of rotatable bonds is 1. The van der Waals surface area contributed by atoms with E-state index in [2.05, 4.69) is 84.8 Å². The highest BCUT2D eigenvalue weighted by molar-refractivity contribution is 5.33. The molecule has 1 heterocycles. The predicted molar refractivity (Wildman–Crippen MR) is 101 cm³/mol. The van der Waals surface area contributed by atoms with Crippen LogP contribution in [0.15, 0.2) is 24.3 Å². The van der Waals surface area contributed by atoms with Crippen LogP contribution in [-0.2, 0) is 15.7 Å². The van der Waals surface area contributed by atoms with Crippen LogP contribution in [0.2, 0.25) is 0 Å². The molecule has 2 heteroatoms. The van der Waals surface area contributed by atoms with Crippen LogP contribution in [-0.4, -0.2) is 23.8 Å². The van der Waals surface area contributed by atoms with Crippen LogP contribution in [0.3, 0.4) is 0 Å². The molecule has 24 heavy (non-hydrogen) atoms. The molecule has 1 aliphatic heterocycles. The van der Waals surface area contributed by atoms with Gasteiger partial charge in [0.2, 0.25) is 0 Å². The van der Waals surface area contributed by atoms with Gasteiger partial charge in [-0.05, 0) is 54.6 Å². The van der Waals surface area contributed by atoms with Gasteiger partial charge in [-0.3, -0.25) is 4.84 Å². The lowest BCUT2D eigenvalue weighted by Gasteiger charge is -2.46. The van der Waals surface area contributed by atoms with E-state index >= 15 is 0 Å². The molecule has 1 saturated heterocycles. The van der Waals surface area contributed by atoms with E-state index in [-0.39, 0.29) is 16.4 Å². The molecule has 0 spiro atoms. The van der Waals surface area contributed by atoms with Crippen LogP contribution in [0.4, 0.5) is 0 Å². The van der Waals surface area contributed by atoms with Gasteiger partial charge in [0.05, 0.1) is 5.60 Å². The fourth-order valence-electron chi connectivity index (χ4n) is 5.29. The second-order valence-corrected chi connectivity index (χ2v) is 10.1. The molecule has 2 aliphatic rings. The van der Waals surface area contributed by atoms with Crippen molar-refractivity contribution in [3.8, 4) is 0 Å². The van der Waals surface area contributed by atoms with Crippen LogP contribution in [0.25, 0.3) is 0 Å². The predicted octanol–water partition coefficient (Wildman–Crippen LogP) is 5.31. The van der Waals surface area contributed by atoms with Gasteiger partial charge < -0.3 is 0 Å². The number of fused-ring (bicyclic) bond motifs is 1. The summed E-state index contributed by atoms with van der Waals surface area (Å²) in [5.74, 6) is 1.22. The molecule has 4 atom stereocenters. The molecule has 0 bridgehead atoms. The lowest BCUT2D eigenvalue weighted by Crippen LogP contribution is -2.48. The Bertz CT molecular complexity index is 597. The van der Waals surface area contributed by atoms with Crippen molar-refractivity contribution in [2.75, 3.05) is 7.05 Å². The summed E-state index contributed by atoms with van der Waals surface area (Å²) in [4.78, 5) is 6.19. The van der Waals surface area contributed by atoms with Crippen molar-refractivity contribution in [2.24, 2.45) is 11.8 Å². The third-order valence-electron chi connectivity index (χ3n) is 6.58. The van der Waals surface area contributed by atoms with Crippen LogP contribution < -0.4 is 0 Å². The molecular formula is C22H35NO. The topological polar surface area (TPSA) is 12.5 Å². The molecule has 0 N–H and O–H groups in total. The van der Waals surface area contributed by atoms with E-state index in [4.69, 9.17) is 4.84 Å². The van der Waals surface area contributed by atoms with Gasteiger partial charge in [-0.25, -0.2) is 0 Å². The Hall–Kier alpha value is -0.860. The van der Waals surface area contributed by atoms with E-state index in [1.807, 2.05) is 0 Å². The highest BCUT2D eigenvalue weighted by Crippen LogP contribution is 2.53. The minimum absolute atomic E-state index is 0.0687. The minimum atomic E-state index is -0.0687. The Balaban J connectivity index is 1.91. The van der Waals surface area contributed by atoms with Crippen molar-refractivity contribution in [3.63, 3.8) is 0 Å². The first-order valence-electron chi connectivity index (χ1n) is 9.47. The SMILES string of the molecule is C[C@H]1C[C@@](C)(c2ccc(C(C)(C)C)cc2)C[C@@H]2[C@@H]1N(C)OC2(C)C. The van der Waals surface area contributed by atoms with Gasteiger partial charge in [-0.2, -0.15) is 5.06 Å². The molecule has 1 aromatic rings. The zero-order valence-corrected chi connectivity index (χ0v) is 16.8. The fourth-order valence-corrected chi connectivity index (χ4v) is 5.29. The van der Waals surface area contributed by atoms with E-state index in [1.165, 1.54) is 24.0 Å². The van der Waals surface area contributed by atoms with Crippen molar-refractivity contribution >= 4 is 0 Å². The van der Waals surface area contributed by atoms with Crippen molar-refractivity contribution in [3.05, 3.63) is 35.4 Å². The first-order chi connectivity index (χ1) is 10.9. The molecule has 0 aromatic heterocycles. The summed E-state index contributed by atoms with van der Waals surface area (Å²) in [6.07, 6.45) is 2.43. The molecule has 1 saturated carbocycles. The molecule has 0 radical (unpaired) electrons. The Morgan fingerprint density at radius 3 is 2.17 bits per heavy atom. The molecule has 1 aliphatic carbocycles. The maximum absolute atomic E-state index is 6.19. The summed E-state index contributed by atoms with van der Waals surface area (Å²) >= 11 is 0. The first kappa shape index (κ1) is 17.9. The molecular weight excluding hydrogens is 294 g/mol. The Morgan fingerprint density at radius 2 is 1.62 bits per heavy atom. The smallest absolute Gasteiger partial charge is 0.0887 e. The first-order valence-corrected chi connectivity index (χ1v) is 9.47. The van der Waals surface area contributed by atoms with Crippen molar-refractivity contribution in [1.82, 2.24) is 5.06 Å². The van der Waals surface area contributed by atoms with Gasteiger partial charge in [0.25, 0.3) is 0 Å². The highest BCUT2D eigenvalue weighted by Gasteiger charge is 2.55. The average Bonchev–Trinajstić information content (AvgIpc) is 2.67. The van der Waals surface area contributed by atoms with Crippen molar-refractivity contribution in [1.29, 1.82) is 0 Å². The standard InChI is InChI=1S/C22H35NO/c1-15-13-22(7,14-18-19(15)23(8)24-21(18,5)6)17-11-9-16(10-12-17)20(2,3)4/h9-12,15,18-19H,13-14H2,1-8H3/t15-,18+,19+,22+/m0/s1. The Kier molecular flexibility index (Phi) is 4.17. The van der Waals surface area contributed by atoms with Crippen LogP contribution in [0.1, 0.15) is 72.4 Å². The number of hydroxylamine groups is 2. The summed E-state index contributed by atoms with van der Waals surface area (Å²) in [5, 5.41) is 2.14. The van der Waals surface area contributed by atoms with E-state index in [1.54, 1.807) is 0 Å². The van der Waals surface area contributed by atoms with Gasteiger partial charge in [0.1, 0.15) is 0 Å². The maximum Gasteiger partial charge on any atom is 0.0887 e. The van der Waals surface area contributed by atoms with Gasteiger partial charge >= 0.3 is 0 Å². The van der Waals surface area contributed by atoms with E-state index < -0.39 is 0 Å². The zero-order valence-electron chi connectivity index (χ0n) is 16.8. The summed E-state index contributed by atoms with van der Waals surface area (Å²) in [5.41, 5.74) is 3.30. The zero-order chi connectivity index (χ0) is 17.9. The van der Waals surface area contributed by atoms with Gasteiger partial charge in [-0.15, -0.1) is 0 Å². The molecule has 0 unspecified atom stereocenters. The Morgan fingerprint density at radius 1 is 1.04 bits per heavy atom. The summed E-state index contributed by atoms with van der Waals surface area (Å²) in [7, 11) is 2.11. The molecule has 2 nitrogen and oxygen atoms in total. The quantitative estimate of drug-likeness (QED) is 0.692. The van der Waals surface area contributed by atoms with Crippen molar-refractivity contribution in [2.45, 2.75) is 83.8 Å². The monoisotopic (exact) mass is 329 g/mol. The summed E-state index contributed by atoms with van der Waals surface area (Å²) < 4.78 is 0. The van der Waals surface area contributed by atoms with E-state index in [0.717, 1.165) is 0 Å². The van der Waals surface area contributed by atoms with Gasteiger partial charge in [0, 0.05) is 19.0 Å². The number of hydrogen-bond acceptors (Lipinski definition) is 2. The summed E-state index contributed by atoms with van der Waals surface area (Å²) in [6, 6.07) is 9.96. The molecule has 3 rings (SSSR count). The van der Waals surface area contributed by atoms with Crippen molar-refractivity contribution < 1.29 is 4.84 Å². The summed E-state index contributed by atoms with van der Waals surface area (Å²) in [6.45, 7) is 16.2. The third kappa shape index (κ3) is 2.93. The van der Waals surface area contributed by atoms with E-state index in [0.29, 0.717) is 17.9 Å². The average molecular weight is 330 g/mol. The normalized spacial score (nSPS) is 36.6. The minimum Gasteiger partial charge on any atom is -0.293 e. The molecule has 134 valence electrons. The number of hydrogen-bond donors (Lipinski definition) is 0. The molecule has 2 fully saturated rings. The maximum atomic E-state index is 6.19. The van der Waals surface area contributed by atoms with Crippen LogP contribution >= 0.6 is 0 Å². The lowest BCUT2D eigenvalue weighted by atomic mass is 9.59. The second-order valence-electron chi connectivity index (χ2n) is 10.1. The Labute approximate surface area is 148 Å². The lowest BCUT2D eigenvalue weighted by molar-refractivity contribution is -0.182. The second kappa shape index (κ2) is 5.57. The molecule has 0 amide bonds. The molecule has 1 aromatic carbocycles. The highest BCUT2D eigenvalue weighted by atomic mass is 16.7. The van der Waals surface area contributed by atoms with Gasteiger partial charge in [0.15, 0.2) is 0 Å². The third-order valence-corrected chi connectivity index (χ3v) is 6.58. The van der Waals surface area contributed by atoms with Crippen LogP contribution in [0, 0.1) is 11.8 Å².